The second-order valence-corrected chi connectivity index (χ2v) is 10.1. The third-order valence-corrected chi connectivity index (χ3v) is 6.56. The largest absolute Gasteiger partial charge is 0.428 e. The van der Waals surface area contributed by atoms with E-state index in [-0.39, 0.29) is 35.5 Å². The number of likely N-dealkylation sites (N-methyl/N-ethyl adjacent to an activating group) is 2. The number of fused-ring (bicyclic) bond motifs is 1. The van der Waals surface area contributed by atoms with Crippen molar-refractivity contribution in [2.24, 2.45) is 0 Å². The number of carbonyl (C=O) groups is 1. The zero-order valence-corrected chi connectivity index (χ0v) is 23.8. The first-order valence-electron chi connectivity index (χ1n) is 12.8. The maximum absolute atomic E-state index is 13.4. The van der Waals surface area contributed by atoms with E-state index in [1.54, 1.807) is 19.3 Å². The van der Waals surface area contributed by atoms with E-state index < -0.39 is 23.4 Å². The van der Waals surface area contributed by atoms with Gasteiger partial charge in [-0.15, -0.1) is 0 Å². The third kappa shape index (κ3) is 6.88. The van der Waals surface area contributed by atoms with Crippen LogP contribution < -0.4 is 5.56 Å². The Morgan fingerprint density at radius 3 is 2.56 bits per heavy atom. The maximum atomic E-state index is 13.4. The number of rotatable bonds is 10. The van der Waals surface area contributed by atoms with Crippen LogP contribution in [-0.4, -0.2) is 79.0 Å². The van der Waals surface area contributed by atoms with Crippen LogP contribution in [0.2, 0.25) is 5.28 Å². The summed E-state index contributed by atoms with van der Waals surface area (Å²) in [6, 6.07) is 4.97. The first-order chi connectivity index (χ1) is 19.4. The van der Waals surface area contributed by atoms with Gasteiger partial charge in [0, 0.05) is 32.9 Å². The van der Waals surface area contributed by atoms with E-state index in [9.17, 15) is 22.8 Å². The Labute approximate surface area is 238 Å². The van der Waals surface area contributed by atoms with Crippen molar-refractivity contribution in [3.63, 3.8) is 0 Å². The van der Waals surface area contributed by atoms with Gasteiger partial charge in [0.15, 0.2) is 17.9 Å². The molecule has 0 saturated heterocycles. The van der Waals surface area contributed by atoms with E-state index in [1.807, 2.05) is 25.9 Å². The van der Waals surface area contributed by atoms with Gasteiger partial charge in [0.1, 0.15) is 5.82 Å². The number of nitrogens with zero attached hydrogens (tertiary/aromatic N) is 8. The average Bonchev–Trinajstić information content (AvgIpc) is 3.52. The SMILES string of the molecule is CCCn1c(Cl)nc2nc(-c3cnn(Cc4cccc(C(F)(F)F)c4)c3)n(COC(=O)N(C)CCN(C)C)c2c1=O. The number of hydrogen-bond donors (Lipinski definition) is 0. The molecule has 4 rings (SSSR count). The molecule has 0 atom stereocenters. The molecule has 4 aromatic rings. The molecule has 41 heavy (non-hydrogen) atoms. The van der Waals surface area contributed by atoms with Gasteiger partial charge in [-0.1, -0.05) is 19.1 Å². The van der Waals surface area contributed by atoms with E-state index in [1.165, 1.54) is 31.0 Å². The summed E-state index contributed by atoms with van der Waals surface area (Å²) < 4.78 is 49.2. The van der Waals surface area contributed by atoms with Crippen molar-refractivity contribution in [1.82, 2.24) is 38.7 Å². The Bertz CT molecular complexity index is 1600. The van der Waals surface area contributed by atoms with Crippen LogP contribution in [0.4, 0.5) is 18.0 Å². The Hall–Kier alpha value is -3.91. The molecular weight excluding hydrogens is 565 g/mol. The van der Waals surface area contributed by atoms with E-state index >= 15 is 0 Å². The zero-order chi connectivity index (χ0) is 29.9. The number of imidazole rings is 1. The molecule has 11 nitrogen and oxygen atoms in total. The molecule has 0 saturated carbocycles. The summed E-state index contributed by atoms with van der Waals surface area (Å²) in [7, 11) is 5.37. The van der Waals surface area contributed by atoms with Gasteiger partial charge in [-0.3, -0.25) is 18.6 Å². The van der Waals surface area contributed by atoms with Crippen LogP contribution in [0.25, 0.3) is 22.6 Å². The minimum absolute atomic E-state index is 0.0267. The second-order valence-electron chi connectivity index (χ2n) is 9.76. The van der Waals surface area contributed by atoms with Gasteiger partial charge in [0.2, 0.25) is 5.28 Å². The molecule has 3 heterocycles. The Balaban J connectivity index is 1.70. The van der Waals surface area contributed by atoms with Crippen LogP contribution in [0, 0.1) is 0 Å². The third-order valence-electron chi connectivity index (χ3n) is 6.27. The average molecular weight is 595 g/mol. The number of carbonyl (C=O) groups excluding carboxylic acids is 1. The smallest absolute Gasteiger partial charge is 0.416 e. The standard InChI is InChI=1S/C26H30ClF3N8O3/c1-5-9-37-23(39)20-21(33-24(37)27)32-22(38(20)16-41-25(40)35(4)11-10-34(2)3)18-13-31-36(15-18)14-17-7-6-8-19(12-17)26(28,29)30/h6-8,12-13,15H,5,9-11,14,16H2,1-4H3. The van der Waals surface area contributed by atoms with Crippen molar-refractivity contribution < 1.29 is 22.7 Å². The van der Waals surface area contributed by atoms with Crippen molar-refractivity contribution >= 4 is 28.9 Å². The first-order valence-corrected chi connectivity index (χ1v) is 13.1. The van der Waals surface area contributed by atoms with Crippen LogP contribution in [0.5, 0.6) is 0 Å². The molecule has 1 aromatic carbocycles. The summed E-state index contributed by atoms with van der Waals surface area (Å²) in [4.78, 5) is 38.2. The summed E-state index contributed by atoms with van der Waals surface area (Å²) in [5.74, 6) is 0.231. The normalized spacial score (nSPS) is 11.9. The molecule has 0 radical (unpaired) electrons. The highest BCUT2D eigenvalue weighted by Crippen LogP contribution is 2.30. The fraction of sp³-hybridized carbons (Fsp3) is 0.423. The molecule has 0 aliphatic carbocycles. The minimum atomic E-state index is -4.47. The predicted molar refractivity (Wildman–Crippen MR) is 147 cm³/mol. The molecular formula is C26H30ClF3N8O3. The van der Waals surface area contributed by atoms with Crippen LogP contribution in [0.15, 0.2) is 41.5 Å². The number of amides is 1. The van der Waals surface area contributed by atoms with E-state index in [0.29, 0.717) is 37.2 Å². The Morgan fingerprint density at radius 2 is 1.88 bits per heavy atom. The summed E-state index contributed by atoms with van der Waals surface area (Å²) in [6.45, 7) is 2.97. The van der Waals surface area contributed by atoms with Crippen LogP contribution in [-0.2, 0) is 30.7 Å². The molecule has 0 aliphatic rings. The number of halogens is 4. The Kier molecular flexibility index (Phi) is 9.02. The maximum Gasteiger partial charge on any atom is 0.416 e. The van der Waals surface area contributed by atoms with Gasteiger partial charge in [0.05, 0.1) is 23.9 Å². The molecule has 220 valence electrons. The van der Waals surface area contributed by atoms with Crippen LogP contribution in [0.3, 0.4) is 0 Å². The predicted octanol–water partition coefficient (Wildman–Crippen LogP) is 4.17. The number of aromatic nitrogens is 6. The topological polar surface area (TPSA) is 103 Å². The lowest BCUT2D eigenvalue weighted by atomic mass is 10.1. The van der Waals surface area contributed by atoms with Gasteiger partial charge in [0.25, 0.3) is 5.56 Å². The fourth-order valence-corrected chi connectivity index (χ4v) is 4.36. The highest BCUT2D eigenvalue weighted by Gasteiger charge is 2.30. The number of hydrogen-bond acceptors (Lipinski definition) is 7. The fourth-order valence-electron chi connectivity index (χ4n) is 4.12. The summed E-state index contributed by atoms with van der Waals surface area (Å²) in [6.07, 6.45) is -1.40. The number of alkyl halides is 3. The van der Waals surface area contributed by atoms with Crippen molar-refractivity contribution in [3.05, 3.63) is 63.4 Å². The van der Waals surface area contributed by atoms with Crippen molar-refractivity contribution in [3.8, 4) is 11.4 Å². The highest BCUT2D eigenvalue weighted by atomic mass is 35.5. The van der Waals surface area contributed by atoms with Gasteiger partial charge in [-0.05, 0) is 49.8 Å². The van der Waals surface area contributed by atoms with Crippen molar-refractivity contribution in [1.29, 1.82) is 0 Å². The monoisotopic (exact) mass is 594 g/mol. The lowest BCUT2D eigenvalue weighted by molar-refractivity contribution is -0.137. The van der Waals surface area contributed by atoms with Gasteiger partial charge in [-0.25, -0.2) is 9.78 Å². The molecule has 1 amide bonds. The Morgan fingerprint density at radius 1 is 1.12 bits per heavy atom. The number of benzene rings is 1. The lowest BCUT2D eigenvalue weighted by Crippen LogP contribution is -2.34. The molecule has 0 aliphatic heterocycles. The van der Waals surface area contributed by atoms with Crippen molar-refractivity contribution in [2.75, 3.05) is 34.2 Å². The van der Waals surface area contributed by atoms with E-state index in [0.717, 1.165) is 12.1 Å². The molecule has 0 N–H and O–H groups in total. The molecule has 0 bridgehead atoms. The van der Waals surface area contributed by atoms with Gasteiger partial charge < -0.3 is 14.5 Å². The molecule has 3 aromatic heterocycles. The molecule has 0 unspecified atom stereocenters. The van der Waals surface area contributed by atoms with E-state index in [2.05, 4.69) is 15.1 Å². The van der Waals surface area contributed by atoms with E-state index in [4.69, 9.17) is 16.3 Å². The second kappa shape index (κ2) is 12.3. The molecule has 0 fully saturated rings. The van der Waals surface area contributed by atoms with Crippen LogP contribution in [0.1, 0.15) is 24.5 Å². The zero-order valence-electron chi connectivity index (χ0n) is 23.0. The summed E-state index contributed by atoms with van der Waals surface area (Å²) in [5.41, 5.74) is -0.225. The van der Waals surface area contributed by atoms with Gasteiger partial charge >= 0.3 is 12.3 Å². The minimum Gasteiger partial charge on any atom is -0.428 e. The molecule has 0 spiro atoms. The summed E-state index contributed by atoms with van der Waals surface area (Å²) >= 11 is 6.27. The quantitative estimate of drug-likeness (QED) is 0.254. The van der Waals surface area contributed by atoms with Crippen LogP contribution >= 0.6 is 11.6 Å². The highest BCUT2D eigenvalue weighted by molar-refractivity contribution is 6.28. The summed E-state index contributed by atoms with van der Waals surface area (Å²) in [5, 5.41) is 4.25. The van der Waals surface area contributed by atoms with Gasteiger partial charge in [-0.2, -0.15) is 23.3 Å². The molecule has 15 heteroatoms. The first kappa shape index (κ1) is 30.1. The van der Waals surface area contributed by atoms with Crippen molar-refractivity contribution in [2.45, 2.75) is 39.3 Å². The number of ether oxygens (including phenoxy) is 1. The lowest BCUT2D eigenvalue weighted by Gasteiger charge is -2.19.